The monoisotopic (exact) mass is 455 g/mol. The van der Waals surface area contributed by atoms with Gasteiger partial charge in [0.05, 0.1) is 14.2 Å². The molecule has 0 amide bonds. The van der Waals surface area contributed by atoms with E-state index in [0.29, 0.717) is 6.54 Å². The van der Waals surface area contributed by atoms with E-state index in [1.807, 2.05) is 18.2 Å². The van der Waals surface area contributed by atoms with E-state index >= 15 is 0 Å². The molecule has 0 heterocycles. The summed E-state index contributed by atoms with van der Waals surface area (Å²) in [4.78, 5) is 4.26. The zero-order chi connectivity index (χ0) is 17.4. The third-order valence-corrected chi connectivity index (χ3v) is 3.73. The van der Waals surface area contributed by atoms with Crippen LogP contribution in [0.5, 0.6) is 11.5 Å². The zero-order valence-corrected chi connectivity index (χ0v) is 17.5. The minimum absolute atomic E-state index is 0. The van der Waals surface area contributed by atoms with E-state index in [-0.39, 0.29) is 24.0 Å². The van der Waals surface area contributed by atoms with Crippen molar-refractivity contribution in [2.45, 2.75) is 20.0 Å². The second-order valence-electron chi connectivity index (χ2n) is 5.42. The summed E-state index contributed by atoms with van der Waals surface area (Å²) in [7, 11) is 5.04. The Kier molecular flexibility index (Phi) is 9.12. The van der Waals surface area contributed by atoms with Gasteiger partial charge in [-0.25, -0.2) is 0 Å². The SMILES string of the molecule is CN=C(NCc1ccc(C)cc1)NCc1cccc(OC)c1OC.I. The van der Waals surface area contributed by atoms with Gasteiger partial charge >= 0.3 is 0 Å². The van der Waals surface area contributed by atoms with E-state index in [1.54, 1.807) is 21.3 Å². The Morgan fingerprint density at radius 1 is 0.960 bits per heavy atom. The first kappa shape index (κ1) is 21.1. The van der Waals surface area contributed by atoms with Crippen LogP contribution in [0, 0.1) is 6.92 Å². The number of aliphatic imine (C=N–C) groups is 1. The second-order valence-corrected chi connectivity index (χ2v) is 5.42. The van der Waals surface area contributed by atoms with Crippen molar-refractivity contribution in [1.82, 2.24) is 10.6 Å². The van der Waals surface area contributed by atoms with Crippen LogP contribution in [0.25, 0.3) is 0 Å². The molecule has 0 radical (unpaired) electrons. The molecule has 2 aromatic rings. The average Bonchev–Trinajstić information content (AvgIpc) is 2.62. The van der Waals surface area contributed by atoms with E-state index < -0.39 is 0 Å². The number of methoxy groups -OCH3 is 2. The Bertz CT molecular complexity index is 688. The number of hydrogen-bond acceptors (Lipinski definition) is 3. The predicted molar refractivity (Wildman–Crippen MR) is 113 cm³/mol. The van der Waals surface area contributed by atoms with E-state index in [4.69, 9.17) is 9.47 Å². The molecule has 6 heteroatoms. The van der Waals surface area contributed by atoms with Gasteiger partial charge in [0, 0.05) is 25.7 Å². The van der Waals surface area contributed by atoms with E-state index in [2.05, 4.69) is 46.8 Å². The van der Waals surface area contributed by atoms with Crippen molar-refractivity contribution in [3.05, 3.63) is 59.2 Å². The number of ether oxygens (including phenoxy) is 2. The van der Waals surface area contributed by atoms with E-state index in [9.17, 15) is 0 Å². The quantitative estimate of drug-likeness (QED) is 0.398. The summed E-state index contributed by atoms with van der Waals surface area (Å²) in [5.41, 5.74) is 3.48. The van der Waals surface area contributed by atoms with Gasteiger partial charge < -0.3 is 20.1 Å². The molecule has 2 rings (SSSR count). The van der Waals surface area contributed by atoms with Crippen LogP contribution in [0.15, 0.2) is 47.5 Å². The molecule has 0 bridgehead atoms. The molecule has 2 aromatic carbocycles. The summed E-state index contributed by atoms with van der Waals surface area (Å²) >= 11 is 0. The Balaban J connectivity index is 0.00000312. The topological polar surface area (TPSA) is 54.9 Å². The summed E-state index contributed by atoms with van der Waals surface area (Å²) < 4.78 is 10.8. The summed E-state index contributed by atoms with van der Waals surface area (Å²) in [6, 6.07) is 14.3. The number of aryl methyl sites for hydroxylation is 1. The fraction of sp³-hybridized carbons (Fsp3) is 0.316. The molecule has 0 saturated carbocycles. The summed E-state index contributed by atoms with van der Waals surface area (Å²) in [5, 5.41) is 6.61. The van der Waals surface area contributed by atoms with E-state index in [0.717, 1.165) is 29.6 Å². The maximum absolute atomic E-state index is 5.45. The van der Waals surface area contributed by atoms with Gasteiger partial charge in [0.25, 0.3) is 0 Å². The lowest BCUT2D eigenvalue weighted by molar-refractivity contribution is 0.351. The second kappa shape index (κ2) is 10.8. The van der Waals surface area contributed by atoms with Gasteiger partial charge in [-0.05, 0) is 18.6 Å². The van der Waals surface area contributed by atoms with Gasteiger partial charge in [0.15, 0.2) is 17.5 Å². The smallest absolute Gasteiger partial charge is 0.191 e. The molecule has 0 aliphatic carbocycles. The van der Waals surface area contributed by atoms with Crippen LogP contribution in [0.3, 0.4) is 0 Å². The lowest BCUT2D eigenvalue weighted by Gasteiger charge is -2.15. The highest BCUT2D eigenvalue weighted by atomic mass is 127. The molecule has 0 aliphatic heterocycles. The van der Waals surface area contributed by atoms with Crippen LogP contribution in [0.2, 0.25) is 0 Å². The first-order valence-electron chi connectivity index (χ1n) is 7.88. The lowest BCUT2D eigenvalue weighted by atomic mass is 10.1. The number of rotatable bonds is 6. The van der Waals surface area contributed by atoms with Crippen LogP contribution >= 0.6 is 24.0 Å². The average molecular weight is 455 g/mol. The van der Waals surface area contributed by atoms with Crippen molar-refractivity contribution >= 4 is 29.9 Å². The fourth-order valence-corrected chi connectivity index (χ4v) is 2.38. The van der Waals surface area contributed by atoms with Crippen molar-refractivity contribution in [2.75, 3.05) is 21.3 Å². The zero-order valence-electron chi connectivity index (χ0n) is 15.1. The van der Waals surface area contributed by atoms with Gasteiger partial charge in [-0.15, -0.1) is 24.0 Å². The molecular formula is C19H26IN3O2. The number of nitrogens with one attached hydrogen (secondary N) is 2. The molecular weight excluding hydrogens is 429 g/mol. The highest BCUT2D eigenvalue weighted by molar-refractivity contribution is 14.0. The number of para-hydroxylation sites is 1. The van der Waals surface area contributed by atoms with Gasteiger partial charge in [-0.3, -0.25) is 4.99 Å². The number of hydrogen-bond donors (Lipinski definition) is 2. The molecule has 0 saturated heterocycles. The predicted octanol–water partition coefficient (Wildman–Crippen LogP) is 3.50. The van der Waals surface area contributed by atoms with Crippen LogP contribution in [-0.2, 0) is 13.1 Å². The first-order chi connectivity index (χ1) is 11.7. The molecule has 5 nitrogen and oxygen atoms in total. The number of halogens is 1. The third-order valence-electron chi connectivity index (χ3n) is 3.73. The molecule has 0 atom stereocenters. The van der Waals surface area contributed by atoms with Crippen molar-refractivity contribution < 1.29 is 9.47 Å². The highest BCUT2D eigenvalue weighted by Crippen LogP contribution is 2.30. The Morgan fingerprint density at radius 2 is 1.64 bits per heavy atom. The van der Waals surface area contributed by atoms with Crippen LogP contribution in [0.1, 0.15) is 16.7 Å². The molecule has 2 N–H and O–H groups in total. The minimum atomic E-state index is 0. The summed E-state index contributed by atoms with van der Waals surface area (Å²) in [6.45, 7) is 3.39. The van der Waals surface area contributed by atoms with Gasteiger partial charge in [-0.1, -0.05) is 42.0 Å². The largest absolute Gasteiger partial charge is 0.493 e. The maximum Gasteiger partial charge on any atom is 0.191 e. The van der Waals surface area contributed by atoms with Crippen molar-refractivity contribution in [2.24, 2.45) is 4.99 Å². The van der Waals surface area contributed by atoms with Gasteiger partial charge in [0.1, 0.15) is 0 Å². The molecule has 0 aliphatic rings. The molecule has 0 spiro atoms. The number of guanidine groups is 1. The fourth-order valence-electron chi connectivity index (χ4n) is 2.38. The molecule has 136 valence electrons. The first-order valence-corrected chi connectivity index (χ1v) is 7.88. The van der Waals surface area contributed by atoms with Crippen molar-refractivity contribution in [1.29, 1.82) is 0 Å². The van der Waals surface area contributed by atoms with Crippen LogP contribution < -0.4 is 20.1 Å². The molecule has 0 fully saturated rings. The Hall–Kier alpha value is -1.96. The summed E-state index contributed by atoms with van der Waals surface area (Å²) in [5.74, 6) is 2.20. The standard InChI is InChI=1S/C19H25N3O2.HI/c1-14-8-10-15(11-9-14)12-21-19(20-2)22-13-16-6-5-7-17(23-3)18(16)24-4;/h5-11H,12-13H2,1-4H3,(H2,20,21,22);1H. The third kappa shape index (κ3) is 6.12. The van der Waals surface area contributed by atoms with Gasteiger partial charge in [-0.2, -0.15) is 0 Å². The number of nitrogens with zero attached hydrogens (tertiary/aromatic N) is 1. The van der Waals surface area contributed by atoms with Crippen molar-refractivity contribution in [3.63, 3.8) is 0 Å². The molecule has 25 heavy (non-hydrogen) atoms. The van der Waals surface area contributed by atoms with E-state index in [1.165, 1.54) is 11.1 Å². The molecule has 0 unspecified atom stereocenters. The highest BCUT2D eigenvalue weighted by Gasteiger charge is 2.09. The van der Waals surface area contributed by atoms with Crippen LogP contribution in [-0.4, -0.2) is 27.2 Å². The lowest BCUT2D eigenvalue weighted by Crippen LogP contribution is -2.36. The maximum atomic E-state index is 5.45. The number of benzene rings is 2. The normalized spacial score (nSPS) is 10.6. The Morgan fingerprint density at radius 3 is 2.24 bits per heavy atom. The Labute approximate surface area is 166 Å². The van der Waals surface area contributed by atoms with Crippen LogP contribution in [0.4, 0.5) is 0 Å². The minimum Gasteiger partial charge on any atom is -0.493 e. The van der Waals surface area contributed by atoms with Crippen molar-refractivity contribution in [3.8, 4) is 11.5 Å². The van der Waals surface area contributed by atoms with Gasteiger partial charge in [0.2, 0.25) is 0 Å². The summed E-state index contributed by atoms with van der Waals surface area (Å²) in [6.07, 6.45) is 0. The molecule has 0 aromatic heterocycles.